The van der Waals surface area contributed by atoms with Gasteiger partial charge in [0.1, 0.15) is 5.69 Å². The fraction of sp³-hybridized carbons (Fsp3) is 0.259. The molecule has 2 heterocycles. The lowest BCUT2D eigenvalue weighted by atomic mass is 9.98. The lowest BCUT2D eigenvalue weighted by Gasteiger charge is -2.29. The minimum absolute atomic E-state index is 0.0992. The molecule has 0 saturated carbocycles. The standard InChI is InChI=1S/C27H27N5O2/c1-3-24(33)15-21-14-19(10-11-20(21)17-28)26-25(34-2)18-29-27(31-26)30-22-8-7-9-23(16-22)32-12-5-4-6-13-32/h3,7-11,14,16,18H,1,4-6,12-13,15H2,2H3,(H,29,30,31). The van der Waals surface area contributed by atoms with E-state index < -0.39 is 0 Å². The van der Waals surface area contributed by atoms with Gasteiger partial charge in [-0.2, -0.15) is 5.26 Å². The Morgan fingerprint density at radius 2 is 2.06 bits per heavy atom. The molecule has 1 aromatic heterocycles. The second-order valence-electron chi connectivity index (χ2n) is 8.16. The summed E-state index contributed by atoms with van der Waals surface area (Å²) in [5.41, 5.74) is 4.45. The molecule has 0 amide bonds. The lowest BCUT2D eigenvalue weighted by Crippen LogP contribution is -2.29. The summed E-state index contributed by atoms with van der Waals surface area (Å²) >= 11 is 0. The highest BCUT2D eigenvalue weighted by Crippen LogP contribution is 2.31. The molecule has 34 heavy (non-hydrogen) atoms. The van der Waals surface area contributed by atoms with Gasteiger partial charge in [-0.05, 0) is 61.2 Å². The van der Waals surface area contributed by atoms with E-state index in [4.69, 9.17) is 9.72 Å². The highest BCUT2D eigenvalue weighted by atomic mass is 16.5. The van der Waals surface area contributed by atoms with E-state index in [0.29, 0.717) is 28.5 Å². The quantitative estimate of drug-likeness (QED) is 0.477. The third-order valence-corrected chi connectivity index (χ3v) is 5.89. The van der Waals surface area contributed by atoms with Crippen LogP contribution in [0.25, 0.3) is 11.3 Å². The van der Waals surface area contributed by atoms with Crippen molar-refractivity contribution in [3.05, 3.63) is 72.4 Å². The van der Waals surface area contributed by atoms with Crippen molar-refractivity contribution in [2.45, 2.75) is 25.7 Å². The molecule has 0 atom stereocenters. The Morgan fingerprint density at radius 3 is 2.79 bits per heavy atom. The van der Waals surface area contributed by atoms with Crippen molar-refractivity contribution in [3.8, 4) is 23.1 Å². The van der Waals surface area contributed by atoms with Gasteiger partial charge in [-0.25, -0.2) is 9.97 Å². The molecule has 1 fully saturated rings. The third-order valence-electron chi connectivity index (χ3n) is 5.89. The molecule has 4 rings (SSSR count). The number of ether oxygens (including phenoxy) is 1. The first-order valence-electron chi connectivity index (χ1n) is 11.3. The van der Waals surface area contributed by atoms with Gasteiger partial charge in [0.2, 0.25) is 5.95 Å². The van der Waals surface area contributed by atoms with Crippen LogP contribution in [0.3, 0.4) is 0 Å². The van der Waals surface area contributed by atoms with Crippen molar-refractivity contribution in [1.29, 1.82) is 5.26 Å². The van der Waals surface area contributed by atoms with Crippen molar-refractivity contribution in [1.82, 2.24) is 9.97 Å². The molecule has 2 aromatic carbocycles. The first kappa shape index (κ1) is 23.0. The molecule has 1 saturated heterocycles. The lowest BCUT2D eigenvalue weighted by molar-refractivity contribution is -0.114. The van der Waals surface area contributed by atoms with Gasteiger partial charge in [-0.1, -0.05) is 18.7 Å². The van der Waals surface area contributed by atoms with Gasteiger partial charge in [-0.15, -0.1) is 0 Å². The van der Waals surface area contributed by atoms with Crippen LogP contribution >= 0.6 is 0 Å². The number of rotatable bonds is 8. The predicted molar refractivity (Wildman–Crippen MR) is 133 cm³/mol. The number of nitrogens with zero attached hydrogens (tertiary/aromatic N) is 4. The molecule has 1 aliphatic rings. The molecule has 0 spiro atoms. The molecule has 7 heteroatoms. The molecule has 0 bridgehead atoms. The molecule has 1 aliphatic heterocycles. The van der Waals surface area contributed by atoms with Crippen LogP contribution in [-0.4, -0.2) is 36.0 Å². The van der Waals surface area contributed by atoms with E-state index in [1.807, 2.05) is 12.1 Å². The molecule has 0 radical (unpaired) electrons. The summed E-state index contributed by atoms with van der Waals surface area (Å²) in [5, 5.41) is 12.7. The largest absolute Gasteiger partial charge is 0.493 e. The van der Waals surface area contributed by atoms with Crippen LogP contribution in [0.2, 0.25) is 0 Å². The summed E-state index contributed by atoms with van der Waals surface area (Å²) in [4.78, 5) is 23.4. The predicted octanol–water partition coefficient (Wildman–Crippen LogP) is 5.06. The number of carbonyl (C=O) groups is 1. The Labute approximate surface area is 199 Å². The summed E-state index contributed by atoms with van der Waals surface area (Å²) in [6.45, 7) is 5.67. The average molecular weight is 454 g/mol. The number of ketones is 1. The number of nitrogens with one attached hydrogen (secondary N) is 1. The summed E-state index contributed by atoms with van der Waals surface area (Å²) < 4.78 is 5.49. The van der Waals surface area contributed by atoms with E-state index in [-0.39, 0.29) is 12.2 Å². The Hall–Kier alpha value is -4.18. The average Bonchev–Trinajstić information content (AvgIpc) is 2.89. The number of methoxy groups -OCH3 is 1. The van der Waals surface area contributed by atoms with Crippen molar-refractivity contribution in [2.75, 3.05) is 30.4 Å². The van der Waals surface area contributed by atoms with Crippen LogP contribution in [0.15, 0.2) is 61.3 Å². The Kier molecular flexibility index (Phi) is 7.19. The van der Waals surface area contributed by atoms with Gasteiger partial charge in [-0.3, -0.25) is 4.79 Å². The number of nitriles is 1. The number of piperidine rings is 1. The number of benzene rings is 2. The summed E-state index contributed by atoms with van der Waals surface area (Å²) in [6, 6.07) is 15.7. The highest BCUT2D eigenvalue weighted by molar-refractivity contribution is 5.91. The molecule has 7 nitrogen and oxygen atoms in total. The van der Waals surface area contributed by atoms with E-state index in [1.165, 1.54) is 31.0 Å². The number of allylic oxidation sites excluding steroid dienone is 1. The summed E-state index contributed by atoms with van der Waals surface area (Å²) in [5.74, 6) is 0.775. The molecular formula is C27H27N5O2. The zero-order chi connectivity index (χ0) is 23.9. The highest BCUT2D eigenvalue weighted by Gasteiger charge is 2.15. The van der Waals surface area contributed by atoms with Gasteiger partial charge >= 0.3 is 0 Å². The fourth-order valence-electron chi connectivity index (χ4n) is 4.10. The van der Waals surface area contributed by atoms with Gasteiger partial charge < -0.3 is 15.0 Å². The van der Waals surface area contributed by atoms with Gasteiger partial charge in [0, 0.05) is 36.4 Å². The van der Waals surface area contributed by atoms with Crippen molar-refractivity contribution in [2.24, 2.45) is 0 Å². The first-order chi connectivity index (χ1) is 16.6. The molecule has 172 valence electrons. The second kappa shape index (κ2) is 10.6. The van der Waals surface area contributed by atoms with E-state index >= 15 is 0 Å². The fourth-order valence-corrected chi connectivity index (χ4v) is 4.10. The zero-order valence-electron chi connectivity index (χ0n) is 19.3. The molecule has 3 aromatic rings. The second-order valence-corrected chi connectivity index (χ2v) is 8.16. The minimum Gasteiger partial charge on any atom is -0.493 e. The Bertz CT molecular complexity index is 1240. The number of carbonyl (C=O) groups excluding carboxylic acids is 1. The SMILES string of the molecule is C=CC(=O)Cc1cc(-c2nc(Nc3cccc(N4CCCCC4)c3)ncc2OC)ccc1C#N. The molecule has 0 unspecified atom stereocenters. The summed E-state index contributed by atoms with van der Waals surface area (Å²) in [7, 11) is 1.56. The van der Waals surface area contributed by atoms with E-state index in [9.17, 15) is 10.1 Å². The molecule has 1 N–H and O–H groups in total. The van der Waals surface area contributed by atoms with E-state index in [0.717, 1.165) is 24.3 Å². The van der Waals surface area contributed by atoms with Crippen molar-refractivity contribution >= 4 is 23.1 Å². The molecular weight excluding hydrogens is 426 g/mol. The van der Waals surface area contributed by atoms with Crippen LogP contribution in [0.1, 0.15) is 30.4 Å². The normalized spacial score (nSPS) is 13.1. The van der Waals surface area contributed by atoms with E-state index in [2.05, 4.69) is 40.0 Å². The van der Waals surface area contributed by atoms with Crippen molar-refractivity contribution in [3.63, 3.8) is 0 Å². The monoisotopic (exact) mass is 453 g/mol. The van der Waals surface area contributed by atoms with Crippen LogP contribution in [0.4, 0.5) is 17.3 Å². The number of anilines is 3. The maximum atomic E-state index is 11.9. The van der Waals surface area contributed by atoms with Gasteiger partial charge in [0.25, 0.3) is 0 Å². The maximum absolute atomic E-state index is 11.9. The Balaban J connectivity index is 1.64. The number of hydrogen-bond donors (Lipinski definition) is 1. The zero-order valence-corrected chi connectivity index (χ0v) is 19.3. The minimum atomic E-state index is -0.153. The summed E-state index contributed by atoms with van der Waals surface area (Å²) in [6.07, 6.45) is 6.70. The van der Waals surface area contributed by atoms with Gasteiger partial charge in [0.05, 0.1) is 24.9 Å². The third kappa shape index (κ3) is 5.24. The number of hydrogen-bond acceptors (Lipinski definition) is 7. The van der Waals surface area contributed by atoms with Crippen LogP contribution in [-0.2, 0) is 11.2 Å². The van der Waals surface area contributed by atoms with Crippen LogP contribution < -0.4 is 15.0 Å². The molecule has 0 aliphatic carbocycles. The van der Waals surface area contributed by atoms with Crippen LogP contribution in [0.5, 0.6) is 5.75 Å². The number of aromatic nitrogens is 2. The first-order valence-corrected chi connectivity index (χ1v) is 11.3. The van der Waals surface area contributed by atoms with Gasteiger partial charge in [0.15, 0.2) is 11.5 Å². The van der Waals surface area contributed by atoms with Crippen molar-refractivity contribution < 1.29 is 9.53 Å². The van der Waals surface area contributed by atoms with E-state index in [1.54, 1.807) is 31.5 Å². The smallest absolute Gasteiger partial charge is 0.227 e. The maximum Gasteiger partial charge on any atom is 0.227 e. The topological polar surface area (TPSA) is 91.1 Å². The van der Waals surface area contributed by atoms with Crippen LogP contribution in [0, 0.1) is 11.3 Å². The Morgan fingerprint density at radius 1 is 1.24 bits per heavy atom.